The minimum atomic E-state index is -0.719. The van der Waals surface area contributed by atoms with Crippen molar-refractivity contribution in [1.82, 2.24) is 14.2 Å². The van der Waals surface area contributed by atoms with Crippen LogP contribution in [0, 0.1) is 13.8 Å². The van der Waals surface area contributed by atoms with Gasteiger partial charge < -0.3 is 23.2 Å². The number of nitrogens with zero attached hydrogens (tertiary/aromatic N) is 4. The van der Waals surface area contributed by atoms with Crippen molar-refractivity contribution < 1.29 is 23.4 Å². The Bertz CT molecular complexity index is 2100. The number of benzene rings is 3. The lowest BCUT2D eigenvalue weighted by molar-refractivity contribution is -0.147. The van der Waals surface area contributed by atoms with Crippen LogP contribution < -0.4 is 15.0 Å². The molecule has 0 aliphatic heterocycles. The van der Waals surface area contributed by atoms with Gasteiger partial charge in [0.25, 0.3) is 5.56 Å². The summed E-state index contributed by atoms with van der Waals surface area (Å²) in [6, 6.07) is 23.9. The van der Waals surface area contributed by atoms with Crippen LogP contribution in [-0.2, 0) is 9.53 Å². The molecule has 222 valence electrons. The van der Waals surface area contributed by atoms with Crippen molar-refractivity contribution in [3.05, 3.63) is 106 Å². The van der Waals surface area contributed by atoms with Crippen LogP contribution in [0.3, 0.4) is 0 Å². The number of furan rings is 1. The van der Waals surface area contributed by atoms with E-state index in [1.165, 1.54) is 11.8 Å². The van der Waals surface area contributed by atoms with Gasteiger partial charge in [0.05, 0.1) is 36.7 Å². The molecule has 0 saturated carbocycles. The summed E-state index contributed by atoms with van der Waals surface area (Å²) >= 11 is 0. The molecule has 0 saturated heterocycles. The van der Waals surface area contributed by atoms with E-state index in [4.69, 9.17) is 23.6 Å². The molecule has 0 radical (unpaired) electrons. The van der Waals surface area contributed by atoms with Crippen molar-refractivity contribution in [3.63, 3.8) is 0 Å². The van der Waals surface area contributed by atoms with Crippen molar-refractivity contribution in [2.75, 3.05) is 14.2 Å². The summed E-state index contributed by atoms with van der Waals surface area (Å²) in [7, 11) is 2.92. The predicted octanol–water partition coefficient (Wildman–Crippen LogP) is 6.05. The second-order valence-electron chi connectivity index (χ2n) is 10.2. The summed E-state index contributed by atoms with van der Waals surface area (Å²) in [5.74, 6) is 1.42. The quantitative estimate of drug-likeness (QED) is 0.157. The third kappa shape index (κ3) is 5.11. The van der Waals surface area contributed by atoms with E-state index in [0.29, 0.717) is 33.7 Å². The Hall–Kier alpha value is -5.64. The van der Waals surface area contributed by atoms with E-state index < -0.39 is 12.1 Å². The first-order valence-corrected chi connectivity index (χ1v) is 14.0. The number of aryl methyl sites for hydroxylation is 1. The molecule has 0 amide bonds. The molecule has 0 aliphatic rings. The number of methoxy groups -OCH3 is 2. The summed E-state index contributed by atoms with van der Waals surface area (Å²) in [4.78, 5) is 30.2. The molecule has 6 aromatic rings. The number of para-hydroxylation sites is 1. The Morgan fingerprint density at radius 1 is 0.977 bits per heavy atom. The van der Waals surface area contributed by atoms with E-state index >= 15 is 0 Å². The first-order chi connectivity index (χ1) is 21.3. The summed E-state index contributed by atoms with van der Waals surface area (Å²) in [5.41, 5.74) is 4.43. The minimum absolute atomic E-state index is 0.272. The first-order valence-electron chi connectivity index (χ1n) is 14.0. The first kappa shape index (κ1) is 28.5. The lowest BCUT2D eigenvalue weighted by atomic mass is 10.2. The molecule has 6 rings (SSSR count). The van der Waals surface area contributed by atoms with Crippen molar-refractivity contribution in [1.29, 1.82) is 0 Å². The topological polar surface area (TPSA) is 110 Å². The highest BCUT2D eigenvalue weighted by molar-refractivity contribution is 5.89. The highest BCUT2D eigenvalue weighted by atomic mass is 16.6. The van der Waals surface area contributed by atoms with Gasteiger partial charge in [-0.25, -0.2) is 9.78 Å². The lowest BCUT2D eigenvalue weighted by Crippen LogP contribution is -2.24. The molecule has 10 heteroatoms. The maximum atomic E-state index is 13.7. The molecule has 0 spiro atoms. The van der Waals surface area contributed by atoms with Gasteiger partial charge in [0.15, 0.2) is 11.9 Å². The van der Waals surface area contributed by atoms with Gasteiger partial charge in [-0.2, -0.15) is 9.78 Å². The summed E-state index contributed by atoms with van der Waals surface area (Å²) in [6.07, 6.45) is 0.932. The maximum absolute atomic E-state index is 13.7. The van der Waals surface area contributed by atoms with Gasteiger partial charge in [0.2, 0.25) is 5.82 Å². The molecule has 0 aliphatic carbocycles. The van der Waals surface area contributed by atoms with Crippen LogP contribution in [0.25, 0.3) is 39.1 Å². The number of carbonyl (C=O) groups is 1. The second-order valence-corrected chi connectivity index (χ2v) is 10.2. The van der Waals surface area contributed by atoms with Crippen LogP contribution in [0.15, 0.2) is 93.2 Å². The molecule has 10 nitrogen and oxygen atoms in total. The molecule has 0 bridgehead atoms. The zero-order valence-corrected chi connectivity index (χ0v) is 24.9. The predicted molar refractivity (Wildman–Crippen MR) is 168 cm³/mol. The maximum Gasteiger partial charge on any atom is 0.346 e. The van der Waals surface area contributed by atoms with Crippen molar-refractivity contribution in [2.45, 2.75) is 26.9 Å². The molecule has 0 N–H and O–H groups in total. The van der Waals surface area contributed by atoms with E-state index in [1.54, 1.807) is 50.6 Å². The molecule has 0 fully saturated rings. The number of esters is 1. The van der Waals surface area contributed by atoms with Gasteiger partial charge in [0, 0.05) is 22.6 Å². The zero-order valence-electron chi connectivity index (χ0n) is 24.9. The van der Waals surface area contributed by atoms with Gasteiger partial charge >= 0.3 is 5.97 Å². The van der Waals surface area contributed by atoms with E-state index in [2.05, 4.69) is 9.67 Å². The Morgan fingerprint density at radius 3 is 2.50 bits per heavy atom. The highest BCUT2D eigenvalue weighted by Crippen LogP contribution is 2.33. The van der Waals surface area contributed by atoms with Crippen molar-refractivity contribution >= 4 is 34.1 Å². The molecule has 1 atom stereocenters. The number of fused-ring (bicyclic) bond motifs is 2. The fourth-order valence-corrected chi connectivity index (χ4v) is 5.24. The minimum Gasteiger partial charge on any atom is -0.496 e. The van der Waals surface area contributed by atoms with Crippen LogP contribution in [0.1, 0.15) is 23.9 Å². The number of hydrogen-bond donors (Lipinski definition) is 0. The Morgan fingerprint density at radius 2 is 1.75 bits per heavy atom. The molecule has 3 aromatic carbocycles. The van der Waals surface area contributed by atoms with E-state index in [0.717, 1.165) is 28.0 Å². The summed E-state index contributed by atoms with van der Waals surface area (Å²) in [6.45, 7) is 5.61. The van der Waals surface area contributed by atoms with Gasteiger partial charge in [-0.3, -0.25) is 4.79 Å². The Balaban J connectivity index is 1.39. The van der Waals surface area contributed by atoms with Gasteiger partial charge in [0.1, 0.15) is 17.1 Å². The highest BCUT2D eigenvalue weighted by Gasteiger charge is 2.19. The van der Waals surface area contributed by atoms with E-state index in [-0.39, 0.29) is 11.4 Å². The second kappa shape index (κ2) is 11.6. The monoisotopic (exact) mass is 590 g/mol. The normalized spacial score (nSPS) is 12.2. The van der Waals surface area contributed by atoms with Gasteiger partial charge in [-0.15, -0.1) is 0 Å². The fourth-order valence-electron chi connectivity index (χ4n) is 5.24. The average molecular weight is 591 g/mol. The number of rotatable bonds is 8. The molecule has 3 heterocycles. The third-order valence-electron chi connectivity index (χ3n) is 7.44. The summed E-state index contributed by atoms with van der Waals surface area (Å²) in [5, 5.41) is 5.85. The van der Waals surface area contributed by atoms with Crippen LogP contribution in [-0.4, -0.2) is 46.7 Å². The summed E-state index contributed by atoms with van der Waals surface area (Å²) < 4.78 is 25.4. The number of hydrogen-bond acceptors (Lipinski definition) is 8. The molecule has 0 unspecified atom stereocenters. The Kier molecular flexibility index (Phi) is 7.48. The number of ether oxygens (including phenoxy) is 3. The molecular weight excluding hydrogens is 560 g/mol. The Labute approximate surface area is 252 Å². The zero-order chi connectivity index (χ0) is 31.0. The van der Waals surface area contributed by atoms with Gasteiger partial charge in [-0.05, 0) is 81.4 Å². The van der Waals surface area contributed by atoms with E-state index in [9.17, 15) is 9.59 Å². The number of carbonyl (C=O) groups excluding carboxylic acids is 1. The largest absolute Gasteiger partial charge is 0.496 e. The third-order valence-corrected chi connectivity index (χ3v) is 7.44. The van der Waals surface area contributed by atoms with Crippen LogP contribution in [0.2, 0.25) is 0 Å². The fraction of sp³-hybridized carbons (Fsp3) is 0.176. The van der Waals surface area contributed by atoms with Crippen LogP contribution >= 0.6 is 0 Å². The lowest BCUT2D eigenvalue weighted by Gasteiger charge is -2.14. The molecular formula is C34H30N4O6. The average Bonchev–Trinajstić information content (AvgIpc) is 3.60. The van der Waals surface area contributed by atoms with Crippen molar-refractivity contribution in [2.24, 2.45) is 5.10 Å². The van der Waals surface area contributed by atoms with Crippen LogP contribution in [0.5, 0.6) is 11.5 Å². The smallest absolute Gasteiger partial charge is 0.346 e. The SMILES string of the molecule is COC(=O)[C@H](C)Oc1ccc(-n2c(C)cc(C=Nn3c(-c4cc5c(OC)cccc5o4)nc4ccccc4c3=O)c2C)cc1. The molecule has 3 aromatic heterocycles. The van der Waals surface area contributed by atoms with Gasteiger partial charge in [-0.1, -0.05) is 18.2 Å². The van der Waals surface area contributed by atoms with Crippen molar-refractivity contribution in [3.8, 4) is 28.8 Å². The van der Waals surface area contributed by atoms with E-state index in [1.807, 2.05) is 62.4 Å². The standard InChI is InChI=1S/C34H30N4O6/c1-20-17-23(21(2)37(20)24-13-15-25(16-14-24)43-22(3)34(40)42-5)19-35-38-32(36-28-10-7-6-9-26(28)33(38)39)31-18-27-29(41-4)11-8-12-30(27)44-31/h6-19,22H,1-5H3/t22-/m0/s1. The molecule has 44 heavy (non-hydrogen) atoms. The number of aromatic nitrogens is 3. The van der Waals surface area contributed by atoms with Crippen LogP contribution in [0.4, 0.5) is 0 Å².